The number of esters is 1. The van der Waals surface area contributed by atoms with Gasteiger partial charge in [-0.2, -0.15) is 13.2 Å². The van der Waals surface area contributed by atoms with Crippen LogP contribution in [-0.4, -0.2) is 23.9 Å². The summed E-state index contributed by atoms with van der Waals surface area (Å²) in [6.45, 7) is 8.18. The van der Waals surface area contributed by atoms with Crippen molar-refractivity contribution in [1.29, 1.82) is 0 Å². The van der Waals surface area contributed by atoms with Crippen LogP contribution in [0.5, 0.6) is 5.75 Å². The Kier molecular flexibility index (Phi) is 8.90. The summed E-state index contributed by atoms with van der Waals surface area (Å²) in [6.07, 6.45) is -2.37. The Labute approximate surface area is 214 Å². The van der Waals surface area contributed by atoms with Crippen molar-refractivity contribution in [2.24, 2.45) is 0 Å². The summed E-state index contributed by atoms with van der Waals surface area (Å²) in [4.78, 5) is 13.0. The van der Waals surface area contributed by atoms with Crippen molar-refractivity contribution in [2.75, 3.05) is 13.2 Å². The predicted octanol–water partition coefficient (Wildman–Crippen LogP) is 8.29. The molecule has 0 bridgehead atoms. The number of halogens is 3. The lowest BCUT2D eigenvalue weighted by molar-refractivity contribution is -0.145. The maximum absolute atomic E-state index is 12.8. The Balaban J connectivity index is 1.56. The molecule has 36 heavy (non-hydrogen) atoms. The van der Waals surface area contributed by atoms with E-state index >= 15 is 0 Å². The zero-order chi connectivity index (χ0) is 26.3. The maximum atomic E-state index is 12.8. The minimum absolute atomic E-state index is 0.247. The zero-order valence-electron chi connectivity index (χ0n) is 20.7. The highest BCUT2D eigenvalue weighted by Gasteiger charge is 2.31. The number of rotatable bonds is 9. The van der Waals surface area contributed by atoms with E-state index in [2.05, 4.69) is 0 Å². The smallest absolute Gasteiger partial charge is 0.416 e. The molecule has 0 amide bonds. The molecule has 0 heterocycles. The van der Waals surface area contributed by atoms with Gasteiger partial charge >= 0.3 is 12.1 Å². The van der Waals surface area contributed by atoms with Gasteiger partial charge in [0, 0.05) is 4.90 Å². The topological polar surface area (TPSA) is 35.5 Å². The molecule has 0 saturated carbocycles. The fourth-order valence-electron chi connectivity index (χ4n) is 3.40. The van der Waals surface area contributed by atoms with E-state index in [0.717, 1.165) is 45.0 Å². The third-order valence-corrected chi connectivity index (χ3v) is 6.67. The van der Waals surface area contributed by atoms with Gasteiger partial charge in [0.15, 0.2) is 0 Å². The van der Waals surface area contributed by atoms with Crippen LogP contribution in [0.1, 0.15) is 38.8 Å². The standard InChI is InChI=1S/C29H29F3O3S/c1-5-34-27(33)28(3,4)36-26-16-14-25(15-17-26)35-19-18-20(2)21-6-8-22(9-7-21)23-10-12-24(13-11-23)29(30,31)32/h6-18H,5,19H2,1-4H3/b20-18+. The third kappa shape index (κ3) is 7.40. The molecule has 0 aromatic heterocycles. The Morgan fingerprint density at radius 3 is 1.97 bits per heavy atom. The average Bonchev–Trinajstić information content (AvgIpc) is 2.84. The van der Waals surface area contributed by atoms with Crippen LogP contribution in [0.4, 0.5) is 13.2 Å². The summed E-state index contributed by atoms with van der Waals surface area (Å²) in [6, 6.07) is 20.4. The largest absolute Gasteiger partial charge is 0.490 e. The summed E-state index contributed by atoms with van der Waals surface area (Å²) in [5, 5.41) is 0. The number of allylic oxidation sites excluding steroid dienone is 1. The molecule has 0 saturated heterocycles. The number of benzene rings is 3. The lowest BCUT2D eigenvalue weighted by Gasteiger charge is -2.21. The first-order valence-corrected chi connectivity index (χ1v) is 12.3. The number of hydrogen-bond acceptors (Lipinski definition) is 4. The number of ether oxygens (including phenoxy) is 2. The molecule has 0 aliphatic carbocycles. The van der Waals surface area contributed by atoms with Crippen molar-refractivity contribution in [3.8, 4) is 16.9 Å². The second-order valence-corrected chi connectivity index (χ2v) is 10.4. The number of carbonyl (C=O) groups is 1. The average molecular weight is 515 g/mol. The molecule has 0 fully saturated rings. The van der Waals surface area contributed by atoms with E-state index < -0.39 is 16.5 Å². The molecule has 0 spiro atoms. The Hall–Kier alpha value is -3.19. The highest BCUT2D eigenvalue weighted by Crippen LogP contribution is 2.34. The fraction of sp³-hybridized carbons (Fsp3) is 0.276. The Morgan fingerprint density at radius 1 is 0.889 bits per heavy atom. The van der Waals surface area contributed by atoms with E-state index in [-0.39, 0.29) is 5.97 Å². The summed E-state index contributed by atoms with van der Waals surface area (Å²) >= 11 is 1.44. The molecule has 0 radical (unpaired) electrons. The Bertz CT molecular complexity index is 1180. The van der Waals surface area contributed by atoms with E-state index in [1.54, 1.807) is 6.92 Å². The SMILES string of the molecule is CCOC(=O)C(C)(C)Sc1ccc(OC/C=C(\C)c2ccc(-c3ccc(C(F)(F)F)cc3)cc2)cc1. The molecular formula is C29H29F3O3S. The maximum Gasteiger partial charge on any atom is 0.416 e. The van der Waals surface area contributed by atoms with Gasteiger partial charge in [-0.1, -0.05) is 36.4 Å². The molecule has 3 aromatic rings. The highest BCUT2D eigenvalue weighted by molar-refractivity contribution is 8.01. The first kappa shape index (κ1) is 27.4. The van der Waals surface area contributed by atoms with Crippen LogP contribution in [0.3, 0.4) is 0 Å². The second-order valence-electron chi connectivity index (χ2n) is 8.65. The minimum atomic E-state index is -4.34. The molecule has 0 aliphatic heterocycles. The fourth-order valence-corrected chi connectivity index (χ4v) is 4.41. The van der Waals surface area contributed by atoms with Crippen LogP contribution in [0.15, 0.2) is 83.8 Å². The molecule has 0 unspecified atom stereocenters. The van der Waals surface area contributed by atoms with Crippen LogP contribution >= 0.6 is 11.8 Å². The van der Waals surface area contributed by atoms with Crippen molar-refractivity contribution >= 4 is 23.3 Å². The quantitative estimate of drug-likeness (QED) is 0.213. The number of thioether (sulfide) groups is 1. The van der Waals surface area contributed by atoms with Crippen molar-refractivity contribution in [1.82, 2.24) is 0 Å². The van der Waals surface area contributed by atoms with E-state index in [1.807, 2.05) is 75.4 Å². The van der Waals surface area contributed by atoms with Gasteiger partial charge in [-0.3, -0.25) is 4.79 Å². The van der Waals surface area contributed by atoms with Gasteiger partial charge in [-0.25, -0.2) is 0 Å². The summed E-state index contributed by atoms with van der Waals surface area (Å²) < 4.78 is 48.6. The van der Waals surface area contributed by atoms with Crippen LogP contribution in [-0.2, 0) is 15.7 Å². The van der Waals surface area contributed by atoms with Crippen molar-refractivity contribution < 1.29 is 27.4 Å². The van der Waals surface area contributed by atoms with Crippen molar-refractivity contribution in [2.45, 2.75) is 43.5 Å². The molecule has 3 rings (SSSR count). The van der Waals surface area contributed by atoms with Crippen molar-refractivity contribution in [3.63, 3.8) is 0 Å². The molecular weight excluding hydrogens is 485 g/mol. The summed E-state index contributed by atoms with van der Waals surface area (Å²) in [5.74, 6) is 0.471. The molecule has 190 valence electrons. The molecule has 3 aromatic carbocycles. The van der Waals surface area contributed by atoms with Gasteiger partial charge in [0.25, 0.3) is 0 Å². The molecule has 0 N–H and O–H groups in total. The lowest BCUT2D eigenvalue weighted by atomic mass is 10.00. The first-order valence-electron chi connectivity index (χ1n) is 11.5. The number of hydrogen-bond donors (Lipinski definition) is 0. The third-order valence-electron chi connectivity index (χ3n) is 5.49. The van der Waals surface area contributed by atoms with E-state index in [4.69, 9.17) is 9.47 Å². The van der Waals surface area contributed by atoms with Gasteiger partial charge in [-0.15, -0.1) is 11.8 Å². The highest BCUT2D eigenvalue weighted by atomic mass is 32.2. The number of alkyl halides is 3. The molecule has 0 atom stereocenters. The summed E-state index contributed by atoms with van der Waals surface area (Å²) in [7, 11) is 0. The monoisotopic (exact) mass is 514 g/mol. The second kappa shape index (κ2) is 11.7. The predicted molar refractivity (Wildman–Crippen MR) is 139 cm³/mol. The zero-order valence-corrected chi connectivity index (χ0v) is 21.5. The Morgan fingerprint density at radius 2 is 1.44 bits per heavy atom. The van der Waals surface area contributed by atoms with E-state index in [1.165, 1.54) is 23.9 Å². The van der Waals surface area contributed by atoms with Crippen LogP contribution < -0.4 is 4.74 Å². The minimum Gasteiger partial charge on any atom is -0.490 e. The van der Waals surface area contributed by atoms with E-state index in [0.29, 0.717) is 13.2 Å². The number of carbonyl (C=O) groups excluding carboxylic acids is 1. The molecule has 3 nitrogen and oxygen atoms in total. The van der Waals surface area contributed by atoms with Gasteiger partial charge in [0.05, 0.1) is 12.2 Å². The van der Waals surface area contributed by atoms with Gasteiger partial charge in [0.2, 0.25) is 0 Å². The van der Waals surface area contributed by atoms with Gasteiger partial charge < -0.3 is 9.47 Å². The molecule has 0 aliphatic rings. The van der Waals surface area contributed by atoms with Gasteiger partial charge in [-0.05, 0) is 92.4 Å². The van der Waals surface area contributed by atoms with Gasteiger partial charge in [0.1, 0.15) is 17.1 Å². The van der Waals surface area contributed by atoms with Crippen LogP contribution in [0, 0.1) is 0 Å². The molecule has 7 heteroatoms. The van der Waals surface area contributed by atoms with Crippen molar-refractivity contribution in [3.05, 3.63) is 90.0 Å². The first-order chi connectivity index (χ1) is 17.0. The lowest BCUT2D eigenvalue weighted by Crippen LogP contribution is -2.29. The van der Waals surface area contributed by atoms with Crippen LogP contribution in [0.2, 0.25) is 0 Å². The normalized spacial score (nSPS) is 12.4. The van der Waals surface area contributed by atoms with Crippen LogP contribution in [0.25, 0.3) is 16.7 Å². The van der Waals surface area contributed by atoms with E-state index in [9.17, 15) is 18.0 Å². The summed E-state index contributed by atoms with van der Waals surface area (Å²) in [5.41, 5.74) is 2.95.